The Morgan fingerprint density at radius 1 is 0.839 bits per heavy atom. The highest BCUT2D eigenvalue weighted by atomic mass is 79.9. The predicted molar refractivity (Wildman–Crippen MR) is 121 cm³/mol. The van der Waals surface area contributed by atoms with Crippen LogP contribution in [0.25, 0.3) is 16.9 Å². The molecule has 0 saturated carbocycles. The van der Waals surface area contributed by atoms with Gasteiger partial charge in [-0.3, -0.25) is 0 Å². The molecule has 0 atom stereocenters. The summed E-state index contributed by atoms with van der Waals surface area (Å²) in [4.78, 5) is 12.3. The molecule has 0 saturated heterocycles. The molecule has 3 aromatic carbocycles. The van der Waals surface area contributed by atoms with E-state index in [0.29, 0.717) is 17.1 Å². The molecule has 0 fully saturated rings. The Bertz CT molecular complexity index is 1180. The third-order valence-corrected chi connectivity index (χ3v) is 5.15. The van der Waals surface area contributed by atoms with E-state index in [-0.39, 0.29) is 0 Å². The second-order valence-corrected chi connectivity index (χ2v) is 7.51. The van der Waals surface area contributed by atoms with Crippen LogP contribution in [0.15, 0.2) is 83.3 Å². The SMILES string of the molecule is COC(=O)c1cc(-c2ccc(Oc3ccc(Br)cc3)cc2)nn1-c1ccc(OC)cc1. The average Bonchev–Trinajstić information content (AvgIpc) is 3.26. The maximum Gasteiger partial charge on any atom is 0.356 e. The first-order valence-corrected chi connectivity index (χ1v) is 10.2. The fraction of sp³-hybridized carbons (Fsp3) is 0.0833. The molecule has 156 valence electrons. The molecular formula is C24H19BrN2O4. The van der Waals surface area contributed by atoms with Crippen molar-refractivity contribution in [2.24, 2.45) is 0 Å². The zero-order valence-corrected chi connectivity index (χ0v) is 18.5. The fourth-order valence-electron chi connectivity index (χ4n) is 3.02. The van der Waals surface area contributed by atoms with Gasteiger partial charge in [0.1, 0.15) is 17.2 Å². The van der Waals surface area contributed by atoms with Crippen LogP contribution in [0.2, 0.25) is 0 Å². The number of carbonyl (C=O) groups is 1. The molecule has 0 amide bonds. The summed E-state index contributed by atoms with van der Waals surface area (Å²) in [6.45, 7) is 0. The van der Waals surface area contributed by atoms with E-state index in [1.165, 1.54) is 7.11 Å². The highest BCUT2D eigenvalue weighted by Gasteiger charge is 2.18. The minimum atomic E-state index is -0.468. The Morgan fingerprint density at radius 3 is 2.00 bits per heavy atom. The van der Waals surface area contributed by atoms with Gasteiger partial charge in [-0.05, 0) is 78.9 Å². The van der Waals surface area contributed by atoms with Gasteiger partial charge in [-0.15, -0.1) is 0 Å². The van der Waals surface area contributed by atoms with Crippen LogP contribution in [0.5, 0.6) is 17.2 Å². The predicted octanol–water partition coefficient (Wildman–Crippen LogP) is 5.89. The van der Waals surface area contributed by atoms with Gasteiger partial charge < -0.3 is 14.2 Å². The van der Waals surface area contributed by atoms with E-state index < -0.39 is 5.97 Å². The number of hydrogen-bond acceptors (Lipinski definition) is 5. The van der Waals surface area contributed by atoms with Crippen LogP contribution in [0.4, 0.5) is 0 Å². The highest BCUT2D eigenvalue weighted by molar-refractivity contribution is 9.10. The lowest BCUT2D eigenvalue weighted by Crippen LogP contribution is -2.10. The van der Waals surface area contributed by atoms with Crippen molar-refractivity contribution < 1.29 is 19.0 Å². The Labute approximate surface area is 188 Å². The van der Waals surface area contributed by atoms with E-state index in [9.17, 15) is 4.79 Å². The number of benzene rings is 3. The number of aromatic nitrogens is 2. The zero-order chi connectivity index (χ0) is 21.8. The molecule has 0 unspecified atom stereocenters. The Kier molecular flexibility index (Phi) is 6.04. The molecule has 1 heterocycles. The van der Waals surface area contributed by atoms with Crippen LogP contribution in [-0.2, 0) is 4.74 Å². The van der Waals surface area contributed by atoms with Crippen LogP contribution >= 0.6 is 15.9 Å². The number of methoxy groups -OCH3 is 2. The van der Waals surface area contributed by atoms with Crippen molar-refractivity contribution in [2.75, 3.05) is 14.2 Å². The smallest absolute Gasteiger partial charge is 0.356 e. The minimum Gasteiger partial charge on any atom is -0.497 e. The minimum absolute atomic E-state index is 0.331. The highest BCUT2D eigenvalue weighted by Crippen LogP contribution is 2.28. The zero-order valence-electron chi connectivity index (χ0n) is 16.9. The number of halogens is 1. The van der Waals surface area contributed by atoms with Crippen LogP contribution in [0.1, 0.15) is 10.5 Å². The summed E-state index contributed by atoms with van der Waals surface area (Å²) in [6, 6.07) is 24.1. The first-order chi connectivity index (χ1) is 15.1. The van der Waals surface area contributed by atoms with E-state index >= 15 is 0 Å². The average molecular weight is 479 g/mol. The maximum atomic E-state index is 12.3. The summed E-state index contributed by atoms with van der Waals surface area (Å²) in [5, 5.41) is 4.63. The maximum absolute atomic E-state index is 12.3. The Morgan fingerprint density at radius 2 is 1.42 bits per heavy atom. The van der Waals surface area contributed by atoms with Crippen molar-refractivity contribution in [1.29, 1.82) is 0 Å². The van der Waals surface area contributed by atoms with Crippen molar-refractivity contribution in [3.63, 3.8) is 0 Å². The molecule has 4 aromatic rings. The van der Waals surface area contributed by atoms with Gasteiger partial charge in [0.2, 0.25) is 0 Å². The van der Waals surface area contributed by atoms with E-state index in [4.69, 9.17) is 14.2 Å². The van der Waals surface area contributed by atoms with Gasteiger partial charge in [0.15, 0.2) is 5.69 Å². The second-order valence-electron chi connectivity index (χ2n) is 6.60. The third-order valence-electron chi connectivity index (χ3n) is 4.62. The van der Waals surface area contributed by atoms with Crippen molar-refractivity contribution in [3.05, 3.63) is 89.0 Å². The molecule has 31 heavy (non-hydrogen) atoms. The molecule has 1 aromatic heterocycles. The first-order valence-electron chi connectivity index (χ1n) is 9.44. The molecule has 0 radical (unpaired) electrons. The van der Waals surface area contributed by atoms with Gasteiger partial charge in [-0.1, -0.05) is 15.9 Å². The lowest BCUT2D eigenvalue weighted by Gasteiger charge is -2.07. The van der Waals surface area contributed by atoms with Gasteiger partial charge in [-0.2, -0.15) is 5.10 Å². The lowest BCUT2D eigenvalue weighted by atomic mass is 10.1. The molecule has 0 aliphatic carbocycles. The first kappa shape index (κ1) is 20.7. The van der Waals surface area contributed by atoms with Gasteiger partial charge in [0, 0.05) is 10.0 Å². The number of nitrogens with zero attached hydrogens (tertiary/aromatic N) is 2. The number of hydrogen-bond donors (Lipinski definition) is 0. The van der Waals surface area contributed by atoms with Crippen molar-refractivity contribution in [3.8, 4) is 34.2 Å². The quantitative estimate of drug-likeness (QED) is 0.323. The number of rotatable bonds is 6. The van der Waals surface area contributed by atoms with Gasteiger partial charge in [0.25, 0.3) is 0 Å². The molecular weight excluding hydrogens is 460 g/mol. The van der Waals surface area contributed by atoms with Crippen molar-refractivity contribution in [1.82, 2.24) is 9.78 Å². The van der Waals surface area contributed by atoms with Gasteiger partial charge >= 0.3 is 5.97 Å². The number of esters is 1. The van der Waals surface area contributed by atoms with Gasteiger partial charge in [0.05, 0.1) is 25.6 Å². The van der Waals surface area contributed by atoms with Crippen molar-refractivity contribution >= 4 is 21.9 Å². The Balaban J connectivity index is 1.63. The summed E-state index contributed by atoms with van der Waals surface area (Å²) in [5.74, 6) is 1.70. The summed E-state index contributed by atoms with van der Waals surface area (Å²) in [5.41, 5.74) is 2.55. The fourth-order valence-corrected chi connectivity index (χ4v) is 3.29. The van der Waals surface area contributed by atoms with E-state index in [1.807, 2.05) is 72.8 Å². The van der Waals surface area contributed by atoms with Crippen LogP contribution in [-0.4, -0.2) is 30.0 Å². The molecule has 0 spiro atoms. The van der Waals surface area contributed by atoms with Crippen LogP contribution in [0.3, 0.4) is 0 Å². The molecule has 0 N–H and O–H groups in total. The standard InChI is InChI=1S/C24H19BrN2O4/c1-29-19-13-7-18(8-14-19)27-23(24(28)30-2)15-22(26-27)16-3-9-20(10-4-16)31-21-11-5-17(25)6-12-21/h3-15H,1-2H3. The molecule has 4 rings (SSSR count). The number of ether oxygens (including phenoxy) is 3. The monoisotopic (exact) mass is 478 g/mol. The molecule has 0 bridgehead atoms. The summed E-state index contributed by atoms with van der Waals surface area (Å²) < 4.78 is 18.6. The normalized spacial score (nSPS) is 10.5. The summed E-state index contributed by atoms with van der Waals surface area (Å²) in [7, 11) is 2.95. The van der Waals surface area contributed by atoms with E-state index in [1.54, 1.807) is 17.9 Å². The van der Waals surface area contributed by atoms with E-state index in [2.05, 4.69) is 21.0 Å². The summed E-state index contributed by atoms with van der Waals surface area (Å²) >= 11 is 3.41. The number of carbonyl (C=O) groups excluding carboxylic acids is 1. The second kappa shape index (κ2) is 9.06. The lowest BCUT2D eigenvalue weighted by molar-refractivity contribution is 0.0590. The van der Waals surface area contributed by atoms with Crippen molar-refractivity contribution in [2.45, 2.75) is 0 Å². The third kappa shape index (κ3) is 4.62. The molecule has 0 aliphatic rings. The molecule has 6 nitrogen and oxygen atoms in total. The Hall–Kier alpha value is -3.58. The molecule has 7 heteroatoms. The topological polar surface area (TPSA) is 62.6 Å². The van der Waals surface area contributed by atoms with Gasteiger partial charge in [-0.25, -0.2) is 9.48 Å². The van der Waals surface area contributed by atoms with E-state index in [0.717, 1.165) is 27.2 Å². The van der Waals surface area contributed by atoms with Crippen LogP contribution < -0.4 is 9.47 Å². The molecule has 0 aliphatic heterocycles. The largest absolute Gasteiger partial charge is 0.497 e. The van der Waals surface area contributed by atoms with Crippen LogP contribution in [0, 0.1) is 0 Å². The summed E-state index contributed by atoms with van der Waals surface area (Å²) in [6.07, 6.45) is 0.